The molecule has 0 aliphatic rings. The minimum atomic E-state index is -4.20. The van der Waals surface area contributed by atoms with Gasteiger partial charge in [0.1, 0.15) is 6.29 Å². The summed E-state index contributed by atoms with van der Waals surface area (Å²) in [4.78, 5) is 10.1. The van der Waals surface area contributed by atoms with Crippen molar-refractivity contribution in [1.29, 1.82) is 0 Å². The smallest absolute Gasteiger partial charge is 0.294 e. The van der Waals surface area contributed by atoms with Gasteiger partial charge in [0.15, 0.2) is 0 Å². The van der Waals surface area contributed by atoms with Crippen LogP contribution in [0.15, 0.2) is 23.1 Å². The summed E-state index contributed by atoms with van der Waals surface area (Å²) in [6.45, 7) is 0. The molecule has 0 aromatic heterocycles. The van der Waals surface area contributed by atoms with Crippen molar-refractivity contribution in [1.82, 2.24) is 0 Å². The van der Waals surface area contributed by atoms with E-state index in [1.54, 1.807) is 6.07 Å². The Bertz CT molecular complexity index is 584. The van der Waals surface area contributed by atoms with Gasteiger partial charge in [0, 0.05) is 11.4 Å². The van der Waals surface area contributed by atoms with Crippen LogP contribution in [0.3, 0.4) is 0 Å². The molecule has 0 aliphatic heterocycles. The average Bonchev–Trinajstić information content (AvgIpc) is 2.48. The number of carbonyl (C=O) groups is 1. The number of hydrogen-bond acceptors (Lipinski definition) is 3. The lowest BCUT2D eigenvalue weighted by molar-refractivity contribution is -0.107. The molecule has 1 aromatic rings. The molecule has 0 bridgehead atoms. The molecule has 23 heavy (non-hydrogen) atoms. The van der Waals surface area contributed by atoms with Crippen LogP contribution in [0, 0.1) is 0 Å². The summed E-state index contributed by atoms with van der Waals surface area (Å²) in [6, 6.07) is 4.43. The summed E-state index contributed by atoms with van der Waals surface area (Å²) in [7, 11) is -4.20. The third kappa shape index (κ3) is 8.49. The number of aldehydes is 1. The second kappa shape index (κ2) is 10.8. The minimum absolute atomic E-state index is 0.0444. The molecule has 4 nitrogen and oxygen atoms in total. The van der Waals surface area contributed by atoms with Crippen molar-refractivity contribution < 1.29 is 17.8 Å². The minimum Gasteiger partial charge on any atom is -0.303 e. The fourth-order valence-electron chi connectivity index (χ4n) is 2.60. The maximum atomic E-state index is 11.3. The number of benzene rings is 1. The Morgan fingerprint density at radius 1 is 0.957 bits per heavy atom. The monoisotopic (exact) mass is 360 g/mol. The molecule has 0 atom stereocenters. The largest absolute Gasteiger partial charge is 0.303 e. The topological polar surface area (TPSA) is 71.4 Å². The van der Waals surface area contributed by atoms with Gasteiger partial charge in [-0.25, -0.2) is 0 Å². The van der Waals surface area contributed by atoms with Gasteiger partial charge in [-0.3, -0.25) is 4.55 Å². The molecule has 0 amide bonds. The quantitative estimate of drug-likeness (QED) is 0.329. The summed E-state index contributed by atoms with van der Waals surface area (Å²) >= 11 is 5.90. The number of halogens is 1. The summed E-state index contributed by atoms with van der Waals surface area (Å²) in [5.74, 6) is 0. The van der Waals surface area contributed by atoms with Gasteiger partial charge in [-0.15, -0.1) is 0 Å². The molecule has 6 heteroatoms. The maximum absolute atomic E-state index is 11.3. The van der Waals surface area contributed by atoms with Gasteiger partial charge in [0.25, 0.3) is 10.1 Å². The van der Waals surface area contributed by atoms with E-state index >= 15 is 0 Å². The third-order valence-electron chi connectivity index (χ3n) is 3.82. The number of rotatable bonds is 12. The van der Waals surface area contributed by atoms with E-state index in [4.69, 9.17) is 11.6 Å². The highest BCUT2D eigenvalue weighted by molar-refractivity contribution is 7.85. The Labute approximate surface area is 144 Å². The van der Waals surface area contributed by atoms with Crippen molar-refractivity contribution in [2.45, 2.75) is 69.1 Å². The molecule has 1 N–H and O–H groups in total. The normalized spacial score (nSPS) is 11.6. The van der Waals surface area contributed by atoms with Crippen molar-refractivity contribution in [3.8, 4) is 0 Å². The van der Waals surface area contributed by atoms with Gasteiger partial charge < -0.3 is 4.79 Å². The zero-order chi connectivity index (χ0) is 17.1. The lowest BCUT2D eigenvalue weighted by Crippen LogP contribution is -2.03. The van der Waals surface area contributed by atoms with Crippen LogP contribution in [0.25, 0.3) is 0 Å². The molecule has 0 spiro atoms. The molecule has 0 radical (unpaired) electrons. The Hall–Kier alpha value is -0.910. The van der Waals surface area contributed by atoms with Crippen LogP contribution < -0.4 is 0 Å². The van der Waals surface area contributed by atoms with E-state index in [-0.39, 0.29) is 4.90 Å². The molecule has 0 saturated carbocycles. The van der Waals surface area contributed by atoms with Crippen molar-refractivity contribution in [2.75, 3.05) is 0 Å². The average molecular weight is 361 g/mol. The zero-order valence-corrected chi connectivity index (χ0v) is 14.9. The standard InChI is InChI=1S/C17H25ClO4S/c18-16-11-12-17(23(20,21)22)15(14-16)10-8-6-4-2-1-3-5-7-9-13-19/h11-14H,1-10H2,(H,20,21,22). The highest BCUT2D eigenvalue weighted by Crippen LogP contribution is 2.22. The van der Waals surface area contributed by atoms with E-state index in [0.29, 0.717) is 23.4 Å². The molecular weight excluding hydrogens is 336 g/mol. The molecule has 0 heterocycles. The summed E-state index contributed by atoms with van der Waals surface area (Å²) in [5, 5.41) is 0.475. The second-order valence-corrected chi connectivity index (χ2v) is 7.59. The highest BCUT2D eigenvalue weighted by Gasteiger charge is 2.15. The fraction of sp³-hybridized carbons (Fsp3) is 0.588. The van der Waals surface area contributed by atoms with Crippen LogP contribution in [0.1, 0.15) is 63.4 Å². The molecule has 1 aromatic carbocycles. The Kier molecular flexibility index (Phi) is 9.44. The van der Waals surface area contributed by atoms with Crippen molar-refractivity contribution in [2.24, 2.45) is 0 Å². The van der Waals surface area contributed by atoms with Crippen molar-refractivity contribution >= 4 is 28.0 Å². The van der Waals surface area contributed by atoms with Crippen LogP contribution in [-0.2, 0) is 21.3 Å². The maximum Gasteiger partial charge on any atom is 0.294 e. The van der Waals surface area contributed by atoms with E-state index < -0.39 is 10.1 Å². The Morgan fingerprint density at radius 3 is 2.09 bits per heavy atom. The Morgan fingerprint density at radius 2 is 1.52 bits per heavy atom. The predicted molar refractivity (Wildman–Crippen MR) is 92.6 cm³/mol. The number of aryl methyl sites for hydroxylation is 1. The molecule has 0 aliphatic carbocycles. The summed E-state index contributed by atoms with van der Waals surface area (Å²) < 4.78 is 31.9. The molecule has 130 valence electrons. The first-order valence-corrected chi connectivity index (χ1v) is 9.96. The molecule has 0 unspecified atom stereocenters. The first-order chi connectivity index (χ1) is 10.9. The second-order valence-electron chi connectivity index (χ2n) is 5.76. The lowest BCUT2D eigenvalue weighted by atomic mass is 10.0. The van der Waals surface area contributed by atoms with Crippen LogP contribution in [-0.4, -0.2) is 19.3 Å². The lowest BCUT2D eigenvalue weighted by Gasteiger charge is -2.08. The molecule has 0 saturated heterocycles. The van der Waals surface area contributed by atoms with Crippen molar-refractivity contribution in [3.05, 3.63) is 28.8 Å². The predicted octanol–water partition coefficient (Wildman–Crippen LogP) is 4.84. The summed E-state index contributed by atoms with van der Waals surface area (Å²) in [6.07, 6.45) is 10.8. The zero-order valence-electron chi connectivity index (χ0n) is 13.3. The van der Waals surface area contributed by atoms with E-state index in [9.17, 15) is 17.8 Å². The van der Waals surface area contributed by atoms with Crippen LogP contribution in [0.4, 0.5) is 0 Å². The van der Waals surface area contributed by atoms with Crippen molar-refractivity contribution in [3.63, 3.8) is 0 Å². The van der Waals surface area contributed by atoms with E-state index in [1.165, 1.54) is 18.6 Å². The van der Waals surface area contributed by atoms with Crippen LogP contribution in [0.5, 0.6) is 0 Å². The molecule has 1 rings (SSSR count). The fourth-order valence-corrected chi connectivity index (χ4v) is 3.53. The third-order valence-corrected chi connectivity index (χ3v) is 5.01. The Balaban J connectivity index is 2.26. The van der Waals surface area contributed by atoms with Gasteiger partial charge in [0.2, 0.25) is 0 Å². The van der Waals surface area contributed by atoms with E-state index in [1.807, 2.05) is 0 Å². The van der Waals surface area contributed by atoms with Crippen LogP contribution >= 0.6 is 11.6 Å². The summed E-state index contributed by atoms with van der Waals surface area (Å²) in [5.41, 5.74) is 0.578. The molecule has 0 fully saturated rings. The first kappa shape index (κ1) is 20.1. The van der Waals surface area contributed by atoms with Crippen LogP contribution in [0.2, 0.25) is 5.02 Å². The SMILES string of the molecule is O=CCCCCCCCCCCc1cc(Cl)ccc1S(=O)(=O)O. The number of unbranched alkanes of at least 4 members (excludes halogenated alkanes) is 8. The highest BCUT2D eigenvalue weighted by atomic mass is 35.5. The number of hydrogen-bond donors (Lipinski definition) is 1. The van der Waals surface area contributed by atoms with Gasteiger partial charge in [-0.05, 0) is 43.0 Å². The molecular formula is C17H25ClO4S. The van der Waals surface area contributed by atoms with Gasteiger partial charge in [0.05, 0.1) is 4.90 Å². The van der Waals surface area contributed by atoms with E-state index in [0.717, 1.165) is 51.2 Å². The van der Waals surface area contributed by atoms with Gasteiger partial charge in [-0.1, -0.05) is 50.1 Å². The first-order valence-electron chi connectivity index (χ1n) is 8.14. The number of carbonyl (C=O) groups excluding carboxylic acids is 1. The van der Waals surface area contributed by atoms with E-state index in [2.05, 4.69) is 0 Å². The van der Waals surface area contributed by atoms with Gasteiger partial charge in [-0.2, -0.15) is 8.42 Å². The van der Waals surface area contributed by atoms with Gasteiger partial charge >= 0.3 is 0 Å².